The van der Waals surface area contributed by atoms with Crippen LogP contribution < -0.4 is 10.6 Å². The van der Waals surface area contributed by atoms with Gasteiger partial charge in [-0.05, 0) is 37.1 Å². The van der Waals surface area contributed by atoms with Crippen LogP contribution in [-0.4, -0.2) is 33.3 Å². The maximum Gasteiger partial charge on any atom is 0.225 e. The standard InChI is InChI=1S/C15H19N5O/c1-20-10-17-19-15(20)11-2-4-13(5-3-11)18-14(21)8-9-16-12-6-7-12/h2-5,10,12,16H,6-9H2,1H3,(H,18,21). The highest BCUT2D eigenvalue weighted by molar-refractivity contribution is 5.91. The Bertz CT molecular complexity index is 615. The van der Waals surface area contributed by atoms with Gasteiger partial charge in [0.05, 0.1) is 0 Å². The van der Waals surface area contributed by atoms with E-state index in [9.17, 15) is 4.79 Å². The zero-order valence-electron chi connectivity index (χ0n) is 12.0. The molecule has 6 heteroatoms. The van der Waals surface area contributed by atoms with E-state index in [0.29, 0.717) is 12.5 Å². The summed E-state index contributed by atoms with van der Waals surface area (Å²) >= 11 is 0. The van der Waals surface area contributed by atoms with Gasteiger partial charge in [-0.15, -0.1) is 10.2 Å². The van der Waals surface area contributed by atoms with Crippen molar-refractivity contribution in [2.24, 2.45) is 7.05 Å². The molecule has 2 N–H and O–H groups in total. The van der Waals surface area contributed by atoms with Gasteiger partial charge in [-0.1, -0.05) is 0 Å². The second kappa shape index (κ2) is 6.05. The first-order valence-electron chi connectivity index (χ1n) is 7.20. The van der Waals surface area contributed by atoms with E-state index in [1.807, 2.05) is 35.9 Å². The molecule has 0 atom stereocenters. The van der Waals surface area contributed by atoms with Gasteiger partial charge in [-0.2, -0.15) is 0 Å². The summed E-state index contributed by atoms with van der Waals surface area (Å²) in [5.41, 5.74) is 1.78. The molecular weight excluding hydrogens is 266 g/mol. The average molecular weight is 285 g/mol. The van der Waals surface area contributed by atoms with E-state index in [0.717, 1.165) is 23.6 Å². The van der Waals surface area contributed by atoms with Crippen molar-refractivity contribution in [1.29, 1.82) is 0 Å². The molecule has 0 spiro atoms. The molecule has 21 heavy (non-hydrogen) atoms. The lowest BCUT2D eigenvalue weighted by Gasteiger charge is -2.07. The van der Waals surface area contributed by atoms with E-state index >= 15 is 0 Å². The molecule has 1 amide bonds. The molecule has 3 rings (SSSR count). The Morgan fingerprint density at radius 2 is 2.10 bits per heavy atom. The van der Waals surface area contributed by atoms with Gasteiger partial charge in [0.2, 0.25) is 5.91 Å². The van der Waals surface area contributed by atoms with Crippen molar-refractivity contribution < 1.29 is 4.79 Å². The molecule has 0 radical (unpaired) electrons. The molecule has 1 aromatic heterocycles. The lowest BCUT2D eigenvalue weighted by Crippen LogP contribution is -2.23. The van der Waals surface area contributed by atoms with Crippen LogP contribution in [0.2, 0.25) is 0 Å². The lowest BCUT2D eigenvalue weighted by molar-refractivity contribution is -0.116. The molecule has 1 aliphatic carbocycles. The van der Waals surface area contributed by atoms with Gasteiger partial charge < -0.3 is 15.2 Å². The third-order valence-electron chi connectivity index (χ3n) is 3.50. The van der Waals surface area contributed by atoms with Gasteiger partial charge in [0.1, 0.15) is 6.33 Å². The van der Waals surface area contributed by atoms with Crippen molar-refractivity contribution in [1.82, 2.24) is 20.1 Å². The van der Waals surface area contributed by atoms with Crippen LogP contribution in [0.4, 0.5) is 5.69 Å². The Kier molecular flexibility index (Phi) is 3.96. The first kappa shape index (κ1) is 13.8. The minimum absolute atomic E-state index is 0.0366. The third-order valence-corrected chi connectivity index (χ3v) is 3.50. The Balaban J connectivity index is 1.54. The molecule has 0 saturated heterocycles. The maximum absolute atomic E-state index is 11.8. The fourth-order valence-corrected chi connectivity index (χ4v) is 2.15. The number of aryl methyl sites for hydroxylation is 1. The molecule has 1 fully saturated rings. The fraction of sp³-hybridized carbons (Fsp3) is 0.400. The third kappa shape index (κ3) is 3.66. The highest BCUT2D eigenvalue weighted by Crippen LogP contribution is 2.19. The van der Waals surface area contributed by atoms with E-state index in [1.165, 1.54) is 12.8 Å². The molecule has 1 heterocycles. The number of amides is 1. The summed E-state index contributed by atoms with van der Waals surface area (Å²) in [6.45, 7) is 0.744. The van der Waals surface area contributed by atoms with Gasteiger partial charge >= 0.3 is 0 Å². The molecule has 1 aromatic carbocycles. The number of carbonyl (C=O) groups excluding carboxylic acids is 1. The van der Waals surface area contributed by atoms with E-state index in [2.05, 4.69) is 20.8 Å². The van der Waals surface area contributed by atoms with Crippen molar-refractivity contribution >= 4 is 11.6 Å². The van der Waals surface area contributed by atoms with E-state index in [4.69, 9.17) is 0 Å². The zero-order valence-corrected chi connectivity index (χ0v) is 12.0. The maximum atomic E-state index is 11.8. The highest BCUT2D eigenvalue weighted by Gasteiger charge is 2.20. The predicted molar refractivity (Wildman–Crippen MR) is 80.7 cm³/mol. The van der Waals surface area contributed by atoms with Gasteiger partial charge in [0, 0.05) is 37.3 Å². The molecule has 0 aliphatic heterocycles. The lowest BCUT2D eigenvalue weighted by atomic mass is 10.2. The predicted octanol–water partition coefficient (Wildman–Crippen LogP) is 1.56. The Morgan fingerprint density at radius 3 is 2.71 bits per heavy atom. The van der Waals surface area contributed by atoms with Crippen LogP contribution in [0.1, 0.15) is 19.3 Å². The first-order valence-corrected chi connectivity index (χ1v) is 7.20. The van der Waals surface area contributed by atoms with Crippen molar-refractivity contribution in [3.05, 3.63) is 30.6 Å². The van der Waals surface area contributed by atoms with Gasteiger partial charge in [0.25, 0.3) is 0 Å². The van der Waals surface area contributed by atoms with Crippen molar-refractivity contribution in [2.75, 3.05) is 11.9 Å². The number of hydrogen-bond donors (Lipinski definition) is 2. The van der Waals surface area contributed by atoms with Gasteiger partial charge in [-0.25, -0.2) is 0 Å². The van der Waals surface area contributed by atoms with Crippen LogP contribution in [-0.2, 0) is 11.8 Å². The quantitative estimate of drug-likeness (QED) is 0.845. The van der Waals surface area contributed by atoms with Crippen LogP contribution in [0.25, 0.3) is 11.4 Å². The summed E-state index contributed by atoms with van der Waals surface area (Å²) in [6, 6.07) is 8.28. The average Bonchev–Trinajstić information content (AvgIpc) is 3.20. The summed E-state index contributed by atoms with van der Waals surface area (Å²) in [4.78, 5) is 11.8. The van der Waals surface area contributed by atoms with Crippen molar-refractivity contribution in [2.45, 2.75) is 25.3 Å². The number of hydrogen-bond acceptors (Lipinski definition) is 4. The van der Waals surface area contributed by atoms with Crippen LogP contribution in [0.3, 0.4) is 0 Å². The molecule has 110 valence electrons. The summed E-state index contributed by atoms with van der Waals surface area (Å²) in [7, 11) is 1.90. The molecule has 1 saturated carbocycles. The van der Waals surface area contributed by atoms with Gasteiger partial charge in [-0.3, -0.25) is 4.79 Å². The number of rotatable bonds is 6. The number of benzene rings is 1. The zero-order chi connectivity index (χ0) is 14.7. The second-order valence-corrected chi connectivity index (χ2v) is 5.37. The number of carbonyl (C=O) groups is 1. The van der Waals surface area contributed by atoms with E-state index in [1.54, 1.807) is 6.33 Å². The SMILES string of the molecule is Cn1cnnc1-c1ccc(NC(=O)CCNC2CC2)cc1. The van der Waals surface area contributed by atoms with Crippen LogP contribution in [0.15, 0.2) is 30.6 Å². The highest BCUT2D eigenvalue weighted by atomic mass is 16.1. The van der Waals surface area contributed by atoms with Crippen LogP contribution >= 0.6 is 0 Å². The number of nitrogens with zero attached hydrogens (tertiary/aromatic N) is 3. The largest absolute Gasteiger partial charge is 0.326 e. The summed E-state index contributed by atoms with van der Waals surface area (Å²) in [5, 5.41) is 14.1. The molecule has 1 aliphatic rings. The monoisotopic (exact) mass is 285 g/mol. The minimum atomic E-state index is 0.0366. The Labute approximate surface area is 123 Å². The first-order chi connectivity index (χ1) is 10.2. The minimum Gasteiger partial charge on any atom is -0.326 e. The molecule has 2 aromatic rings. The molecule has 6 nitrogen and oxygen atoms in total. The van der Waals surface area contributed by atoms with Crippen molar-refractivity contribution in [3.8, 4) is 11.4 Å². The fourth-order valence-electron chi connectivity index (χ4n) is 2.15. The Hall–Kier alpha value is -2.21. The number of anilines is 1. The molecular formula is C15H19N5O. The molecule has 0 bridgehead atoms. The van der Waals surface area contributed by atoms with Gasteiger partial charge in [0.15, 0.2) is 5.82 Å². The van der Waals surface area contributed by atoms with Crippen molar-refractivity contribution in [3.63, 3.8) is 0 Å². The van der Waals surface area contributed by atoms with Crippen LogP contribution in [0.5, 0.6) is 0 Å². The topological polar surface area (TPSA) is 71.8 Å². The normalized spacial score (nSPS) is 14.1. The summed E-state index contributed by atoms with van der Waals surface area (Å²) in [5.74, 6) is 0.844. The smallest absolute Gasteiger partial charge is 0.225 e. The number of aromatic nitrogens is 3. The van der Waals surface area contributed by atoms with E-state index in [-0.39, 0.29) is 5.91 Å². The summed E-state index contributed by atoms with van der Waals surface area (Å²) in [6.07, 6.45) is 4.65. The second-order valence-electron chi connectivity index (χ2n) is 5.37. The Morgan fingerprint density at radius 1 is 1.33 bits per heavy atom. The number of nitrogens with one attached hydrogen (secondary N) is 2. The molecule has 0 unspecified atom stereocenters. The van der Waals surface area contributed by atoms with Crippen LogP contribution in [0, 0.1) is 0 Å². The van der Waals surface area contributed by atoms with E-state index < -0.39 is 0 Å². The summed E-state index contributed by atoms with van der Waals surface area (Å²) < 4.78 is 1.86.